The van der Waals surface area contributed by atoms with Crippen molar-refractivity contribution in [2.45, 2.75) is 32.4 Å². The first-order chi connectivity index (χ1) is 8.59. The zero-order chi connectivity index (χ0) is 13.1. The summed E-state index contributed by atoms with van der Waals surface area (Å²) in [5, 5.41) is 9.91. The fourth-order valence-electron chi connectivity index (χ4n) is 2.83. The SMILES string of the molecule is CC(O)c1ccccc1N1CCCN(C)CC1C. The molecule has 0 aromatic heterocycles. The monoisotopic (exact) mass is 248 g/mol. The molecule has 0 amide bonds. The molecular weight excluding hydrogens is 224 g/mol. The fourth-order valence-corrected chi connectivity index (χ4v) is 2.83. The van der Waals surface area contributed by atoms with Gasteiger partial charge in [0.1, 0.15) is 0 Å². The molecular formula is C15H24N2O. The number of para-hydroxylation sites is 1. The zero-order valence-electron chi connectivity index (χ0n) is 11.6. The maximum atomic E-state index is 9.91. The topological polar surface area (TPSA) is 26.7 Å². The molecule has 2 atom stereocenters. The van der Waals surface area contributed by atoms with Crippen LogP contribution in [0.25, 0.3) is 0 Å². The minimum absolute atomic E-state index is 0.408. The number of hydrogen-bond donors (Lipinski definition) is 1. The molecule has 1 saturated heterocycles. The first kappa shape index (κ1) is 13.4. The zero-order valence-corrected chi connectivity index (χ0v) is 11.6. The van der Waals surface area contributed by atoms with Gasteiger partial charge in [0.25, 0.3) is 0 Å². The van der Waals surface area contributed by atoms with Gasteiger partial charge in [-0.1, -0.05) is 18.2 Å². The molecule has 3 nitrogen and oxygen atoms in total. The van der Waals surface area contributed by atoms with E-state index in [9.17, 15) is 5.11 Å². The first-order valence-corrected chi connectivity index (χ1v) is 6.81. The highest BCUT2D eigenvalue weighted by Crippen LogP contribution is 2.28. The average Bonchev–Trinajstić information content (AvgIpc) is 2.50. The predicted molar refractivity (Wildman–Crippen MR) is 76.0 cm³/mol. The van der Waals surface area contributed by atoms with Gasteiger partial charge < -0.3 is 14.9 Å². The van der Waals surface area contributed by atoms with Gasteiger partial charge in [0, 0.05) is 30.4 Å². The normalized spacial score (nSPS) is 23.8. The Hall–Kier alpha value is -1.06. The Morgan fingerprint density at radius 3 is 2.72 bits per heavy atom. The average molecular weight is 248 g/mol. The van der Waals surface area contributed by atoms with Gasteiger partial charge in [0.05, 0.1) is 6.10 Å². The summed E-state index contributed by atoms with van der Waals surface area (Å²) >= 11 is 0. The summed E-state index contributed by atoms with van der Waals surface area (Å²) in [6.07, 6.45) is 0.768. The van der Waals surface area contributed by atoms with Crippen LogP contribution < -0.4 is 4.90 Å². The molecule has 3 heteroatoms. The molecule has 18 heavy (non-hydrogen) atoms. The predicted octanol–water partition coefficient (Wildman–Crippen LogP) is 2.27. The van der Waals surface area contributed by atoms with E-state index in [-0.39, 0.29) is 0 Å². The Bertz CT molecular complexity index is 392. The second-order valence-corrected chi connectivity index (χ2v) is 5.39. The van der Waals surface area contributed by atoms with Crippen LogP contribution in [0.3, 0.4) is 0 Å². The smallest absolute Gasteiger partial charge is 0.0781 e. The van der Waals surface area contributed by atoms with Crippen molar-refractivity contribution in [3.63, 3.8) is 0 Å². The molecule has 1 aromatic carbocycles. The van der Waals surface area contributed by atoms with Crippen LogP contribution in [0.15, 0.2) is 24.3 Å². The summed E-state index contributed by atoms with van der Waals surface area (Å²) in [6.45, 7) is 7.40. The quantitative estimate of drug-likeness (QED) is 0.870. The third kappa shape index (κ3) is 2.85. The van der Waals surface area contributed by atoms with Crippen molar-refractivity contribution >= 4 is 5.69 Å². The number of likely N-dealkylation sites (N-methyl/N-ethyl adjacent to an activating group) is 1. The maximum Gasteiger partial charge on any atom is 0.0781 e. The van der Waals surface area contributed by atoms with Crippen LogP contribution in [-0.2, 0) is 0 Å². The molecule has 0 saturated carbocycles. The Morgan fingerprint density at radius 2 is 2.00 bits per heavy atom. The van der Waals surface area contributed by atoms with Gasteiger partial charge in [-0.15, -0.1) is 0 Å². The van der Waals surface area contributed by atoms with E-state index in [1.165, 1.54) is 12.1 Å². The van der Waals surface area contributed by atoms with E-state index in [2.05, 4.69) is 35.9 Å². The summed E-state index contributed by atoms with van der Waals surface area (Å²) in [6, 6.07) is 8.70. The number of anilines is 1. The van der Waals surface area contributed by atoms with Crippen LogP contribution in [0, 0.1) is 0 Å². The van der Waals surface area contributed by atoms with Gasteiger partial charge in [-0.2, -0.15) is 0 Å². The number of nitrogens with zero attached hydrogens (tertiary/aromatic N) is 2. The van der Waals surface area contributed by atoms with Crippen molar-refractivity contribution < 1.29 is 5.11 Å². The molecule has 0 aliphatic carbocycles. The lowest BCUT2D eigenvalue weighted by molar-refractivity contribution is 0.199. The molecule has 100 valence electrons. The van der Waals surface area contributed by atoms with Crippen molar-refractivity contribution in [3.05, 3.63) is 29.8 Å². The van der Waals surface area contributed by atoms with E-state index < -0.39 is 6.10 Å². The lowest BCUT2D eigenvalue weighted by Crippen LogP contribution is -2.38. The van der Waals surface area contributed by atoms with Crippen LogP contribution in [0.2, 0.25) is 0 Å². The molecule has 0 spiro atoms. The molecule has 1 aliphatic heterocycles. The summed E-state index contributed by atoms with van der Waals surface area (Å²) in [4.78, 5) is 4.82. The van der Waals surface area contributed by atoms with Gasteiger partial charge >= 0.3 is 0 Å². The van der Waals surface area contributed by atoms with Crippen LogP contribution in [0.4, 0.5) is 5.69 Å². The van der Waals surface area contributed by atoms with E-state index in [0.717, 1.165) is 25.2 Å². The molecule has 1 aromatic rings. The van der Waals surface area contributed by atoms with Crippen molar-refractivity contribution in [1.82, 2.24) is 4.90 Å². The van der Waals surface area contributed by atoms with E-state index in [4.69, 9.17) is 0 Å². The molecule has 2 rings (SSSR count). The lowest BCUT2D eigenvalue weighted by Gasteiger charge is -2.32. The highest BCUT2D eigenvalue weighted by atomic mass is 16.3. The Morgan fingerprint density at radius 1 is 1.28 bits per heavy atom. The molecule has 2 unspecified atom stereocenters. The van der Waals surface area contributed by atoms with Crippen molar-refractivity contribution in [1.29, 1.82) is 0 Å². The van der Waals surface area contributed by atoms with Crippen molar-refractivity contribution in [2.24, 2.45) is 0 Å². The largest absolute Gasteiger partial charge is 0.389 e. The number of benzene rings is 1. The Labute approximate surface area is 110 Å². The number of hydrogen-bond acceptors (Lipinski definition) is 3. The third-order valence-electron chi connectivity index (χ3n) is 3.74. The summed E-state index contributed by atoms with van der Waals surface area (Å²) < 4.78 is 0. The minimum Gasteiger partial charge on any atom is -0.389 e. The minimum atomic E-state index is -0.408. The lowest BCUT2D eigenvalue weighted by atomic mass is 10.1. The van der Waals surface area contributed by atoms with Crippen LogP contribution in [0.1, 0.15) is 31.9 Å². The molecule has 1 heterocycles. The summed E-state index contributed by atoms with van der Waals surface area (Å²) in [7, 11) is 2.18. The van der Waals surface area contributed by atoms with Gasteiger partial charge in [0.15, 0.2) is 0 Å². The van der Waals surface area contributed by atoms with Crippen molar-refractivity contribution in [3.8, 4) is 0 Å². The van der Waals surface area contributed by atoms with Gasteiger partial charge in [0.2, 0.25) is 0 Å². The molecule has 0 bridgehead atoms. The number of aliphatic hydroxyl groups is 1. The summed E-state index contributed by atoms with van der Waals surface area (Å²) in [5.74, 6) is 0. The fraction of sp³-hybridized carbons (Fsp3) is 0.600. The van der Waals surface area contributed by atoms with Gasteiger partial charge in [-0.05, 0) is 39.9 Å². The standard InChI is InChI=1S/C15H24N2O/c1-12-11-16(3)9-6-10-17(12)15-8-5-4-7-14(15)13(2)18/h4-5,7-8,12-13,18H,6,9-11H2,1-3H3. The van der Waals surface area contributed by atoms with Crippen LogP contribution in [-0.4, -0.2) is 42.7 Å². The van der Waals surface area contributed by atoms with Crippen LogP contribution in [0.5, 0.6) is 0 Å². The van der Waals surface area contributed by atoms with E-state index in [1.54, 1.807) is 0 Å². The van der Waals surface area contributed by atoms with Crippen LogP contribution >= 0.6 is 0 Å². The van der Waals surface area contributed by atoms with Crippen molar-refractivity contribution in [2.75, 3.05) is 31.6 Å². The Balaban J connectivity index is 2.29. The highest BCUT2D eigenvalue weighted by molar-refractivity contribution is 5.55. The maximum absolute atomic E-state index is 9.91. The van der Waals surface area contributed by atoms with E-state index >= 15 is 0 Å². The molecule has 1 fully saturated rings. The summed E-state index contributed by atoms with van der Waals surface area (Å²) in [5.41, 5.74) is 2.23. The third-order valence-corrected chi connectivity index (χ3v) is 3.74. The number of aliphatic hydroxyl groups excluding tert-OH is 1. The molecule has 1 aliphatic rings. The van der Waals surface area contributed by atoms with E-state index in [1.807, 2.05) is 19.1 Å². The molecule has 1 N–H and O–H groups in total. The van der Waals surface area contributed by atoms with Gasteiger partial charge in [-0.25, -0.2) is 0 Å². The van der Waals surface area contributed by atoms with E-state index in [0.29, 0.717) is 6.04 Å². The second-order valence-electron chi connectivity index (χ2n) is 5.39. The molecule has 0 radical (unpaired) electrons. The highest BCUT2D eigenvalue weighted by Gasteiger charge is 2.22. The van der Waals surface area contributed by atoms with Gasteiger partial charge in [-0.3, -0.25) is 0 Å². The number of rotatable bonds is 2. The Kier molecular flexibility index (Phi) is 4.25. The first-order valence-electron chi connectivity index (χ1n) is 6.81. The second kappa shape index (κ2) is 5.72.